The Morgan fingerprint density at radius 3 is 2.52 bits per heavy atom. The van der Waals surface area contributed by atoms with Crippen LogP contribution in [-0.4, -0.2) is 54.8 Å². The minimum Gasteiger partial charge on any atom is -0.465 e. The Hall–Kier alpha value is -2.31. The molecule has 2 saturated heterocycles. The van der Waals surface area contributed by atoms with Crippen LogP contribution in [0.5, 0.6) is 0 Å². The second kappa shape index (κ2) is 7.37. The van der Waals surface area contributed by atoms with Gasteiger partial charge in [-0.2, -0.15) is 0 Å². The lowest BCUT2D eigenvalue weighted by Crippen LogP contribution is -2.51. The Balaban J connectivity index is 1.83. The first-order valence-corrected chi connectivity index (χ1v) is 9.35. The maximum absolute atomic E-state index is 14.1. The van der Waals surface area contributed by atoms with E-state index in [1.165, 1.54) is 19.2 Å². The molecule has 3 rings (SSSR count). The first kappa shape index (κ1) is 19.5. The molecule has 2 atom stereocenters. The second-order valence-corrected chi connectivity index (χ2v) is 8.12. The summed E-state index contributed by atoms with van der Waals surface area (Å²) in [6.07, 6.45) is 2.25. The van der Waals surface area contributed by atoms with E-state index in [2.05, 4.69) is 4.90 Å². The van der Waals surface area contributed by atoms with Gasteiger partial charge >= 0.3 is 12.1 Å². The maximum atomic E-state index is 14.1. The number of hydrogen-bond acceptors (Lipinski definition) is 5. The lowest BCUT2D eigenvalue weighted by molar-refractivity contribution is 0.0204. The van der Waals surface area contributed by atoms with Gasteiger partial charge in [-0.3, -0.25) is 0 Å². The molecule has 2 aliphatic heterocycles. The van der Waals surface area contributed by atoms with Crippen molar-refractivity contribution in [2.24, 2.45) is 0 Å². The van der Waals surface area contributed by atoms with Crippen LogP contribution >= 0.6 is 0 Å². The van der Waals surface area contributed by atoms with E-state index in [1.54, 1.807) is 11.0 Å². The number of likely N-dealkylation sites (tertiary alicyclic amines) is 1. The van der Waals surface area contributed by atoms with Crippen LogP contribution in [0.25, 0.3) is 0 Å². The molecule has 7 heteroatoms. The third kappa shape index (κ3) is 4.17. The van der Waals surface area contributed by atoms with Crippen molar-refractivity contribution in [3.8, 4) is 0 Å². The van der Waals surface area contributed by atoms with Crippen LogP contribution in [0.4, 0.5) is 14.9 Å². The number of esters is 1. The lowest BCUT2D eigenvalue weighted by Gasteiger charge is -2.41. The summed E-state index contributed by atoms with van der Waals surface area (Å²) in [5.41, 5.74) is 0.300. The van der Waals surface area contributed by atoms with Crippen molar-refractivity contribution in [3.05, 3.63) is 29.6 Å². The van der Waals surface area contributed by atoms with Crippen LogP contribution < -0.4 is 4.90 Å². The van der Waals surface area contributed by atoms with Crippen LogP contribution in [0.2, 0.25) is 0 Å². The molecule has 0 aromatic heterocycles. The van der Waals surface area contributed by atoms with Gasteiger partial charge < -0.3 is 19.3 Å². The predicted molar refractivity (Wildman–Crippen MR) is 99.5 cm³/mol. The Morgan fingerprint density at radius 2 is 1.85 bits per heavy atom. The van der Waals surface area contributed by atoms with E-state index >= 15 is 0 Å². The number of benzene rings is 1. The first-order valence-electron chi connectivity index (χ1n) is 9.35. The van der Waals surface area contributed by atoms with Gasteiger partial charge in [-0.05, 0) is 58.2 Å². The number of piperidine rings is 1. The number of amides is 1. The molecule has 0 aliphatic carbocycles. The quantitative estimate of drug-likeness (QED) is 0.736. The number of methoxy groups -OCH3 is 1. The highest BCUT2D eigenvalue weighted by atomic mass is 19.1. The summed E-state index contributed by atoms with van der Waals surface area (Å²) < 4.78 is 24.4. The highest BCUT2D eigenvalue weighted by molar-refractivity contribution is 5.90. The van der Waals surface area contributed by atoms with E-state index in [-0.39, 0.29) is 23.7 Å². The first-order chi connectivity index (χ1) is 12.7. The summed E-state index contributed by atoms with van der Waals surface area (Å²) in [5, 5.41) is 0. The van der Waals surface area contributed by atoms with E-state index in [1.807, 2.05) is 20.8 Å². The number of hydrogen-bond donors (Lipinski definition) is 0. The van der Waals surface area contributed by atoms with E-state index in [0.29, 0.717) is 12.2 Å². The third-order valence-corrected chi connectivity index (χ3v) is 5.07. The van der Waals surface area contributed by atoms with Crippen molar-refractivity contribution in [1.29, 1.82) is 0 Å². The molecule has 2 heterocycles. The van der Waals surface area contributed by atoms with Gasteiger partial charge in [0, 0.05) is 18.8 Å². The fraction of sp³-hybridized carbons (Fsp3) is 0.600. The maximum Gasteiger partial charge on any atom is 0.410 e. The predicted octanol–water partition coefficient (Wildman–Crippen LogP) is 3.59. The number of carbonyl (C=O) groups excluding carboxylic acids is 2. The largest absolute Gasteiger partial charge is 0.465 e. The van der Waals surface area contributed by atoms with Gasteiger partial charge in [0.25, 0.3) is 0 Å². The van der Waals surface area contributed by atoms with Crippen molar-refractivity contribution in [1.82, 2.24) is 4.90 Å². The van der Waals surface area contributed by atoms with Gasteiger partial charge in [-0.25, -0.2) is 14.0 Å². The van der Waals surface area contributed by atoms with E-state index < -0.39 is 17.4 Å². The Morgan fingerprint density at radius 1 is 1.11 bits per heavy atom. The SMILES string of the molecule is COC(=O)c1cc(F)cc(N2CCC[C@@H]3C2CCN3C(=O)OC(C)(C)C)c1. The number of nitrogens with zero attached hydrogens (tertiary/aromatic N) is 2. The van der Waals surface area contributed by atoms with Gasteiger partial charge in [-0.15, -0.1) is 0 Å². The van der Waals surface area contributed by atoms with Crippen LogP contribution in [0.1, 0.15) is 50.4 Å². The minimum atomic E-state index is -0.564. The van der Waals surface area contributed by atoms with Gasteiger partial charge in [0.2, 0.25) is 0 Å². The molecule has 1 aromatic rings. The summed E-state index contributed by atoms with van der Waals surface area (Å²) in [6.45, 7) is 6.93. The van der Waals surface area contributed by atoms with E-state index in [9.17, 15) is 14.0 Å². The minimum absolute atomic E-state index is 0.0263. The standard InChI is InChI=1S/C20H27FN2O4/c1-20(2,3)27-19(25)23-9-7-17-16(23)6-5-8-22(17)15-11-13(18(24)26-4)10-14(21)12-15/h10-12,16-17H,5-9H2,1-4H3/t16-,17?/m1/s1. The fourth-order valence-electron chi connectivity index (χ4n) is 4.03. The van der Waals surface area contributed by atoms with Crippen molar-refractivity contribution in [2.75, 3.05) is 25.1 Å². The Kier molecular flexibility index (Phi) is 5.31. The summed E-state index contributed by atoms with van der Waals surface area (Å²) in [4.78, 5) is 28.3. The van der Waals surface area contributed by atoms with Crippen LogP contribution in [0.3, 0.4) is 0 Å². The molecule has 6 nitrogen and oxygen atoms in total. The Bertz CT molecular complexity index is 731. The smallest absolute Gasteiger partial charge is 0.410 e. The van der Waals surface area contributed by atoms with Gasteiger partial charge in [-0.1, -0.05) is 0 Å². The van der Waals surface area contributed by atoms with Crippen LogP contribution in [0, 0.1) is 5.82 Å². The molecule has 0 radical (unpaired) electrons. The van der Waals surface area contributed by atoms with Crippen molar-refractivity contribution < 1.29 is 23.5 Å². The van der Waals surface area contributed by atoms with Crippen molar-refractivity contribution in [3.63, 3.8) is 0 Å². The molecule has 0 N–H and O–H groups in total. The number of rotatable bonds is 2. The molecule has 0 bridgehead atoms. The molecule has 27 heavy (non-hydrogen) atoms. The van der Waals surface area contributed by atoms with Crippen molar-refractivity contribution in [2.45, 2.75) is 57.7 Å². The topological polar surface area (TPSA) is 59.1 Å². The molecule has 0 saturated carbocycles. The number of halogens is 1. The van der Waals surface area contributed by atoms with Gasteiger partial charge in [0.05, 0.1) is 24.8 Å². The van der Waals surface area contributed by atoms with Crippen molar-refractivity contribution >= 4 is 17.7 Å². The van der Waals surface area contributed by atoms with E-state index in [0.717, 1.165) is 25.8 Å². The highest BCUT2D eigenvalue weighted by Crippen LogP contribution is 2.35. The normalized spacial score (nSPS) is 22.4. The summed E-state index contributed by atoms with van der Waals surface area (Å²) in [5.74, 6) is -1.04. The monoisotopic (exact) mass is 378 g/mol. The molecule has 1 aromatic carbocycles. The van der Waals surface area contributed by atoms with E-state index in [4.69, 9.17) is 9.47 Å². The lowest BCUT2D eigenvalue weighted by atomic mass is 9.96. The second-order valence-electron chi connectivity index (χ2n) is 8.12. The highest BCUT2D eigenvalue weighted by Gasteiger charge is 2.43. The fourth-order valence-corrected chi connectivity index (χ4v) is 4.03. The summed E-state index contributed by atoms with van der Waals surface area (Å²) >= 11 is 0. The molecule has 1 amide bonds. The molecular formula is C20H27FN2O4. The zero-order chi connectivity index (χ0) is 19.8. The molecule has 2 aliphatic rings. The summed E-state index contributed by atoms with van der Waals surface area (Å²) in [6, 6.07) is 4.38. The molecule has 0 spiro atoms. The van der Waals surface area contributed by atoms with Gasteiger partial charge in [0.1, 0.15) is 11.4 Å². The zero-order valence-electron chi connectivity index (χ0n) is 16.3. The van der Waals surface area contributed by atoms with Crippen LogP contribution in [-0.2, 0) is 9.47 Å². The zero-order valence-corrected chi connectivity index (χ0v) is 16.3. The number of fused-ring (bicyclic) bond motifs is 1. The number of ether oxygens (including phenoxy) is 2. The number of anilines is 1. The third-order valence-electron chi connectivity index (χ3n) is 5.07. The average Bonchev–Trinajstić information content (AvgIpc) is 3.03. The van der Waals surface area contributed by atoms with Gasteiger partial charge in [0.15, 0.2) is 0 Å². The Labute approximate surface area is 159 Å². The molecule has 148 valence electrons. The molecule has 1 unspecified atom stereocenters. The molecular weight excluding hydrogens is 351 g/mol. The van der Waals surface area contributed by atoms with Crippen LogP contribution in [0.15, 0.2) is 18.2 Å². The number of carbonyl (C=O) groups is 2. The summed E-state index contributed by atoms with van der Waals surface area (Å²) in [7, 11) is 1.28. The molecule has 2 fully saturated rings. The average molecular weight is 378 g/mol.